The predicted molar refractivity (Wildman–Crippen MR) is 129 cm³/mol. The van der Waals surface area contributed by atoms with E-state index >= 15 is 0 Å². The second kappa shape index (κ2) is 12.2. The van der Waals surface area contributed by atoms with Crippen molar-refractivity contribution < 1.29 is 4.52 Å². The van der Waals surface area contributed by atoms with Crippen molar-refractivity contribution in [3.8, 4) is 0 Å². The first kappa shape index (κ1) is 23.7. The molecule has 0 saturated carbocycles. The van der Waals surface area contributed by atoms with E-state index in [9.17, 15) is 0 Å². The Kier molecular flexibility index (Phi) is 9.93. The maximum Gasteiger partial charge on any atom is 0.194 e. The molecule has 160 valence electrons. The average molecular weight is 511 g/mol. The number of nitrogens with one attached hydrogen (secondary N) is 1. The highest BCUT2D eigenvalue weighted by atomic mass is 127. The molecule has 1 aliphatic rings. The van der Waals surface area contributed by atoms with Crippen LogP contribution in [0.1, 0.15) is 37.9 Å². The highest BCUT2D eigenvalue weighted by Crippen LogP contribution is 2.24. The number of guanidine groups is 1. The molecule has 0 spiro atoms. The van der Waals surface area contributed by atoms with Crippen LogP contribution in [-0.2, 0) is 6.54 Å². The number of rotatable bonds is 7. The van der Waals surface area contributed by atoms with E-state index in [1.807, 2.05) is 6.07 Å². The monoisotopic (exact) mass is 511 g/mol. The van der Waals surface area contributed by atoms with Crippen molar-refractivity contribution in [3.63, 3.8) is 0 Å². The molecule has 1 fully saturated rings. The highest BCUT2D eigenvalue weighted by Gasteiger charge is 2.21. The molecule has 7 heteroatoms. The predicted octanol–water partition coefficient (Wildman–Crippen LogP) is 3.82. The summed E-state index contributed by atoms with van der Waals surface area (Å²) in [6, 6.07) is 12.7. The van der Waals surface area contributed by atoms with Crippen molar-refractivity contribution in [2.75, 3.05) is 39.3 Å². The third-order valence-corrected chi connectivity index (χ3v) is 5.35. The average Bonchev–Trinajstić information content (AvgIpc) is 3.22. The summed E-state index contributed by atoms with van der Waals surface area (Å²) in [6.07, 6.45) is 1.64. The van der Waals surface area contributed by atoms with Gasteiger partial charge in [0, 0.05) is 57.8 Å². The van der Waals surface area contributed by atoms with Crippen molar-refractivity contribution in [2.24, 2.45) is 10.9 Å². The fourth-order valence-electron chi connectivity index (χ4n) is 3.68. The topological polar surface area (TPSA) is 56.9 Å². The van der Waals surface area contributed by atoms with Crippen molar-refractivity contribution in [1.29, 1.82) is 0 Å². The minimum Gasteiger partial charge on any atom is -0.364 e. The molecule has 2 heterocycles. The minimum absolute atomic E-state index is 0. The summed E-state index contributed by atoms with van der Waals surface area (Å²) in [6.45, 7) is 13.2. The fraction of sp³-hybridized carbons (Fsp3) is 0.545. The van der Waals surface area contributed by atoms with Crippen LogP contribution in [0.3, 0.4) is 0 Å². The van der Waals surface area contributed by atoms with Crippen LogP contribution in [0, 0.1) is 5.92 Å². The van der Waals surface area contributed by atoms with E-state index in [0.29, 0.717) is 11.8 Å². The van der Waals surface area contributed by atoms with Crippen LogP contribution in [0.4, 0.5) is 0 Å². The molecule has 1 atom stereocenters. The van der Waals surface area contributed by atoms with Gasteiger partial charge in [-0.15, -0.1) is 24.0 Å². The smallest absolute Gasteiger partial charge is 0.194 e. The lowest BCUT2D eigenvalue weighted by atomic mass is 9.88. The number of aliphatic imine (C=N–C) groups is 1. The maximum atomic E-state index is 5.02. The van der Waals surface area contributed by atoms with Crippen LogP contribution >= 0.6 is 24.0 Å². The molecule has 29 heavy (non-hydrogen) atoms. The van der Waals surface area contributed by atoms with Gasteiger partial charge in [0.1, 0.15) is 6.26 Å². The third kappa shape index (κ3) is 6.99. The Morgan fingerprint density at radius 1 is 1.14 bits per heavy atom. The van der Waals surface area contributed by atoms with E-state index in [1.54, 1.807) is 6.26 Å². The first-order valence-corrected chi connectivity index (χ1v) is 10.4. The molecule has 0 aliphatic carbocycles. The standard InChI is InChI=1S/C22H33N5O.HI/c1-4-23-22(24-16-21(18(2)3)19-8-6-5-7-9-19)27-13-11-26(12-14-27)17-20-10-15-28-25-20;/h5-10,15,18,21H,4,11-14,16-17H2,1-3H3,(H,23,24);1H. The molecule has 0 bridgehead atoms. The molecule has 6 nitrogen and oxygen atoms in total. The van der Waals surface area contributed by atoms with Crippen LogP contribution in [0.25, 0.3) is 0 Å². The normalized spacial score (nSPS) is 16.6. The quantitative estimate of drug-likeness (QED) is 0.348. The number of benzene rings is 1. The van der Waals surface area contributed by atoms with Gasteiger partial charge in [-0.3, -0.25) is 9.89 Å². The molecule has 1 saturated heterocycles. The third-order valence-electron chi connectivity index (χ3n) is 5.35. The summed E-state index contributed by atoms with van der Waals surface area (Å²) in [5, 5.41) is 7.51. The van der Waals surface area contributed by atoms with Gasteiger partial charge in [0.15, 0.2) is 5.96 Å². The number of aromatic nitrogens is 1. The largest absolute Gasteiger partial charge is 0.364 e. The van der Waals surface area contributed by atoms with Crippen LogP contribution in [0.2, 0.25) is 0 Å². The lowest BCUT2D eigenvalue weighted by molar-refractivity contribution is 0.169. The van der Waals surface area contributed by atoms with Crippen molar-refractivity contribution in [2.45, 2.75) is 33.2 Å². The Morgan fingerprint density at radius 2 is 1.86 bits per heavy atom. The first-order valence-electron chi connectivity index (χ1n) is 10.4. The SMILES string of the molecule is CCNC(=NCC(c1ccccc1)C(C)C)N1CCN(Cc2ccon2)CC1.I. The zero-order valence-corrected chi connectivity index (χ0v) is 20.1. The molecule has 1 aromatic heterocycles. The lowest BCUT2D eigenvalue weighted by Gasteiger charge is -2.36. The number of nitrogens with zero attached hydrogens (tertiary/aromatic N) is 4. The molecule has 1 N–H and O–H groups in total. The molecule has 1 unspecified atom stereocenters. The Morgan fingerprint density at radius 3 is 2.45 bits per heavy atom. The van der Waals surface area contributed by atoms with Gasteiger partial charge >= 0.3 is 0 Å². The van der Waals surface area contributed by atoms with Crippen molar-refractivity contribution in [1.82, 2.24) is 20.3 Å². The van der Waals surface area contributed by atoms with Gasteiger partial charge in [-0.05, 0) is 18.4 Å². The number of piperazine rings is 1. The van der Waals surface area contributed by atoms with Gasteiger partial charge in [0.05, 0.1) is 5.69 Å². The molecule has 0 radical (unpaired) electrons. The number of hydrogen-bond donors (Lipinski definition) is 1. The highest BCUT2D eigenvalue weighted by molar-refractivity contribution is 14.0. The van der Waals surface area contributed by atoms with Gasteiger partial charge in [-0.2, -0.15) is 0 Å². The van der Waals surface area contributed by atoms with E-state index in [2.05, 4.69) is 71.4 Å². The Balaban J connectivity index is 0.00000300. The summed E-state index contributed by atoms with van der Waals surface area (Å²) in [5.74, 6) is 2.02. The molecule has 2 aromatic rings. The fourth-order valence-corrected chi connectivity index (χ4v) is 3.68. The molecular formula is C22H34IN5O. The van der Waals surface area contributed by atoms with Gasteiger partial charge in [-0.25, -0.2) is 0 Å². The molecule has 1 aliphatic heterocycles. The van der Waals surface area contributed by atoms with E-state index in [4.69, 9.17) is 9.52 Å². The van der Waals surface area contributed by atoms with Crippen molar-refractivity contribution >= 4 is 29.9 Å². The number of hydrogen-bond acceptors (Lipinski definition) is 4. The van der Waals surface area contributed by atoms with Gasteiger partial charge in [0.2, 0.25) is 0 Å². The zero-order valence-electron chi connectivity index (χ0n) is 17.8. The van der Waals surface area contributed by atoms with E-state index in [0.717, 1.165) is 57.5 Å². The summed E-state index contributed by atoms with van der Waals surface area (Å²) >= 11 is 0. The maximum absolute atomic E-state index is 5.02. The first-order chi connectivity index (χ1) is 13.7. The summed E-state index contributed by atoms with van der Waals surface area (Å²) in [4.78, 5) is 9.82. The molecule has 3 rings (SSSR count). The van der Waals surface area contributed by atoms with E-state index in [-0.39, 0.29) is 24.0 Å². The second-order valence-electron chi connectivity index (χ2n) is 7.71. The zero-order chi connectivity index (χ0) is 19.8. The van der Waals surface area contributed by atoms with Crippen molar-refractivity contribution in [3.05, 3.63) is 53.9 Å². The molecular weight excluding hydrogens is 477 g/mol. The Bertz CT molecular complexity index is 712. The van der Waals surface area contributed by atoms with Gasteiger partial charge in [-0.1, -0.05) is 49.3 Å². The van der Waals surface area contributed by atoms with Gasteiger partial charge < -0.3 is 14.7 Å². The Labute approximate surface area is 191 Å². The second-order valence-corrected chi connectivity index (χ2v) is 7.71. The van der Waals surface area contributed by atoms with Crippen LogP contribution in [-0.4, -0.2) is 60.2 Å². The van der Waals surface area contributed by atoms with Gasteiger partial charge in [0.25, 0.3) is 0 Å². The summed E-state index contributed by atoms with van der Waals surface area (Å²) in [7, 11) is 0. The minimum atomic E-state index is 0. The van der Waals surface area contributed by atoms with E-state index < -0.39 is 0 Å². The number of halogens is 1. The van der Waals surface area contributed by atoms with Crippen LogP contribution in [0.15, 0.2) is 52.2 Å². The van der Waals surface area contributed by atoms with Crippen LogP contribution in [0.5, 0.6) is 0 Å². The van der Waals surface area contributed by atoms with Crippen LogP contribution < -0.4 is 5.32 Å². The summed E-state index contributed by atoms with van der Waals surface area (Å²) in [5.41, 5.74) is 2.37. The Hall–Kier alpha value is -1.61. The van der Waals surface area contributed by atoms with E-state index in [1.165, 1.54) is 5.56 Å². The summed E-state index contributed by atoms with van der Waals surface area (Å²) < 4.78 is 4.94. The molecule has 1 aromatic carbocycles. The lowest BCUT2D eigenvalue weighted by Crippen LogP contribution is -2.52. The molecule has 0 amide bonds.